The van der Waals surface area contributed by atoms with E-state index in [-0.39, 0.29) is 6.42 Å². The molecule has 0 spiro atoms. The minimum absolute atomic E-state index is 0.218. The first-order valence-corrected chi connectivity index (χ1v) is 10.8. The van der Waals surface area contributed by atoms with Gasteiger partial charge in [-0.2, -0.15) is 0 Å². The third-order valence-corrected chi connectivity index (χ3v) is 5.79. The molecule has 14 heteroatoms. The molecular weight excluding hydrogens is 456 g/mol. The van der Waals surface area contributed by atoms with Crippen LogP contribution in [0.3, 0.4) is 0 Å². The highest BCUT2D eigenvalue weighted by Gasteiger charge is 2.46. The molecule has 1 aliphatic rings. The molecule has 1 amide bonds. The van der Waals surface area contributed by atoms with Crippen molar-refractivity contribution in [1.29, 1.82) is 0 Å². The van der Waals surface area contributed by atoms with Gasteiger partial charge >= 0.3 is 0 Å². The molecule has 1 fully saturated rings. The van der Waals surface area contributed by atoms with Crippen molar-refractivity contribution >= 4 is 28.6 Å². The third kappa shape index (κ3) is 4.87. The van der Waals surface area contributed by atoms with Crippen molar-refractivity contribution in [2.24, 2.45) is 10.8 Å². The van der Waals surface area contributed by atoms with Crippen molar-refractivity contribution in [2.75, 3.05) is 25.6 Å². The fourth-order valence-electron chi connectivity index (χ4n) is 4.03. The van der Waals surface area contributed by atoms with Gasteiger partial charge in [0.05, 0.1) is 25.0 Å². The number of hydrogen-bond acceptors (Lipinski definition) is 10. The molecule has 3 heterocycles. The first-order chi connectivity index (χ1) is 16.8. The number of aliphatic hydroxyl groups excluding tert-OH is 2. The van der Waals surface area contributed by atoms with Crippen LogP contribution in [0.15, 0.2) is 42.0 Å². The maximum atomic E-state index is 12.8. The Hall–Kier alpha value is -3.81. The van der Waals surface area contributed by atoms with Crippen molar-refractivity contribution in [2.45, 2.75) is 36.9 Å². The lowest BCUT2D eigenvalue weighted by atomic mass is 10.0. The van der Waals surface area contributed by atoms with Crippen LogP contribution < -0.4 is 16.0 Å². The number of nitrogens with zero attached hydrogens (tertiary/aromatic N) is 8. The van der Waals surface area contributed by atoms with Gasteiger partial charge in [-0.1, -0.05) is 29.4 Å². The van der Waals surface area contributed by atoms with Gasteiger partial charge in [-0.25, -0.2) is 15.0 Å². The van der Waals surface area contributed by atoms with Crippen molar-refractivity contribution in [3.63, 3.8) is 0 Å². The summed E-state index contributed by atoms with van der Waals surface area (Å²) in [5.41, 5.74) is 16.8. The van der Waals surface area contributed by atoms with E-state index in [1.54, 1.807) is 33.7 Å². The van der Waals surface area contributed by atoms with Crippen molar-refractivity contribution in [1.82, 2.24) is 24.8 Å². The lowest BCUT2D eigenvalue weighted by Gasteiger charge is -2.23. The number of aromatic nitrogens is 4. The Balaban J connectivity index is 1.48. The number of azide groups is 1. The zero-order chi connectivity index (χ0) is 25.1. The Morgan fingerprint density at radius 1 is 1.34 bits per heavy atom. The van der Waals surface area contributed by atoms with Gasteiger partial charge in [0, 0.05) is 24.7 Å². The van der Waals surface area contributed by atoms with Crippen LogP contribution in [0.4, 0.5) is 11.5 Å². The summed E-state index contributed by atoms with van der Waals surface area (Å²) in [6.45, 7) is -0.431. The van der Waals surface area contributed by atoms with Crippen LogP contribution in [0.1, 0.15) is 11.8 Å². The highest BCUT2D eigenvalue weighted by molar-refractivity contribution is 5.83. The van der Waals surface area contributed by atoms with Gasteiger partial charge in [0.15, 0.2) is 23.2 Å². The second kappa shape index (κ2) is 10.2. The second-order valence-corrected chi connectivity index (χ2v) is 8.35. The molecule has 3 aromatic rings. The molecule has 184 valence electrons. The molecule has 0 saturated carbocycles. The number of rotatable bonds is 8. The maximum Gasteiger partial charge on any atom is 0.237 e. The number of nitrogens with two attached hydrogens (primary N) is 1. The number of carbonyl (C=O) groups excluding carboxylic acids is 1. The van der Waals surface area contributed by atoms with E-state index in [1.807, 2.05) is 14.1 Å². The quantitative estimate of drug-likeness (QED) is 0.196. The molecule has 2 unspecified atom stereocenters. The Labute approximate surface area is 200 Å². The number of fused-ring (bicyclic) bond motifs is 1. The number of amides is 1. The summed E-state index contributed by atoms with van der Waals surface area (Å²) in [6, 6.07) is 4.85. The van der Waals surface area contributed by atoms with Crippen LogP contribution >= 0.6 is 0 Å². The van der Waals surface area contributed by atoms with Crippen LogP contribution in [0.25, 0.3) is 21.6 Å². The zero-order valence-electron chi connectivity index (χ0n) is 19.1. The van der Waals surface area contributed by atoms with Crippen molar-refractivity contribution in [3.8, 4) is 0 Å². The van der Waals surface area contributed by atoms with E-state index in [4.69, 9.17) is 16.0 Å². The number of hydrogen-bond donors (Lipinski definition) is 4. The smallest absolute Gasteiger partial charge is 0.237 e. The molecule has 14 nitrogen and oxygen atoms in total. The van der Waals surface area contributed by atoms with E-state index < -0.39 is 43.0 Å². The van der Waals surface area contributed by atoms with E-state index in [2.05, 4.69) is 30.3 Å². The molecule has 1 saturated heterocycles. The molecule has 2 aromatic heterocycles. The second-order valence-electron chi connectivity index (χ2n) is 8.35. The number of anilines is 1. The Bertz CT molecular complexity index is 1240. The molecule has 4 rings (SSSR count). The number of aliphatic hydroxyl groups is 2. The first kappa shape index (κ1) is 24.3. The molecule has 5 N–H and O–H groups in total. The molecular formula is C21H26N10O4. The molecule has 0 bridgehead atoms. The number of benzene rings is 1. The summed E-state index contributed by atoms with van der Waals surface area (Å²) in [5.74, 6) is 0.0896. The standard InChI is InChI=1S/C21H26N10O4/c1-30(2)18-16-19(25-9-24-18)31(10-26-16)21-17(33)15(14(8-32)35-21)27-20(34)13(22)7-11-3-5-12(6-4-11)28-29-23/h3-6,9-10,13-15,17,21,32-33H,7-8,22H2,1-2H3,(H,27,34)/t13?,14-,15?,17+,21-/m1/s1. The number of ether oxygens (including phenoxy) is 1. The van der Waals surface area contributed by atoms with E-state index in [0.717, 1.165) is 5.56 Å². The number of imidazole rings is 1. The summed E-state index contributed by atoms with van der Waals surface area (Å²) in [7, 11) is 3.65. The highest BCUT2D eigenvalue weighted by atomic mass is 16.5. The molecule has 0 aliphatic carbocycles. The van der Waals surface area contributed by atoms with Crippen LogP contribution in [0, 0.1) is 0 Å². The normalized spacial score (nSPS) is 22.5. The summed E-state index contributed by atoms with van der Waals surface area (Å²) >= 11 is 0. The number of carbonyl (C=O) groups is 1. The predicted octanol–water partition coefficient (Wildman–Crippen LogP) is 0.140. The topological polar surface area (TPSA) is 200 Å². The summed E-state index contributed by atoms with van der Waals surface area (Å²) in [4.78, 5) is 30.2. The lowest BCUT2D eigenvalue weighted by Crippen LogP contribution is -2.53. The molecule has 35 heavy (non-hydrogen) atoms. The van der Waals surface area contributed by atoms with Gasteiger partial charge in [0.25, 0.3) is 0 Å². The lowest BCUT2D eigenvalue weighted by molar-refractivity contribution is -0.124. The van der Waals surface area contributed by atoms with Gasteiger partial charge in [-0.3, -0.25) is 9.36 Å². The van der Waals surface area contributed by atoms with Crippen LogP contribution in [0.2, 0.25) is 0 Å². The van der Waals surface area contributed by atoms with E-state index in [1.165, 1.54) is 12.7 Å². The van der Waals surface area contributed by atoms with Crippen LogP contribution in [-0.2, 0) is 16.0 Å². The molecule has 1 aliphatic heterocycles. The number of nitrogens with one attached hydrogen (secondary N) is 1. The molecule has 1 aromatic carbocycles. The van der Waals surface area contributed by atoms with Gasteiger partial charge < -0.3 is 30.9 Å². The third-order valence-electron chi connectivity index (χ3n) is 5.79. The summed E-state index contributed by atoms with van der Waals surface area (Å²) in [6.07, 6.45) is 0.0543. The average Bonchev–Trinajstić information content (AvgIpc) is 3.41. The van der Waals surface area contributed by atoms with Crippen molar-refractivity contribution in [3.05, 3.63) is 52.9 Å². The first-order valence-electron chi connectivity index (χ1n) is 10.8. The van der Waals surface area contributed by atoms with Gasteiger partial charge in [0.2, 0.25) is 5.91 Å². The molecule has 0 radical (unpaired) electrons. The van der Waals surface area contributed by atoms with Crippen LogP contribution in [-0.4, -0.2) is 80.6 Å². The van der Waals surface area contributed by atoms with E-state index in [0.29, 0.717) is 22.7 Å². The summed E-state index contributed by atoms with van der Waals surface area (Å²) in [5, 5.41) is 27.1. The van der Waals surface area contributed by atoms with E-state index in [9.17, 15) is 15.0 Å². The minimum atomic E-state index is -1.21. The Morgan fingerprint density at radius 3 is 2.74 bits per heavy atom. The minimum Gasteiger partial charge on any atom is -0.394 e. The maximum absolute atomic E-state index is 12.8. The van der Waals surface area contributed by atoms with Crippen molar-refractivity contribution < 1.29 is 19.7 Å². The molecule has 5 atom stereocenters. The fraction of sp³-hybridized carbons (Fsp3) is 0.429. The van der Waals surface area contributed by atoms with Crippen LogP contribution in [0.5, 0.6) is 0 Å². The largest absolute Gasteiger partial charge is 0.394 e. The fourth-order valence-corrected chi connectivity index (χ4v) is 4.03. The van der Waals surface area contributed by atoms with Gasteiger partial charge in [-0.15, -0.1) is 0 Å². The monoisotopic (exact) mass is 482 g/mol. The SMILES string of the molecule is CN(C)c1ncnc2c1ncn2[C@@H]1O[C@H](CO)C(NC(=O)C(N)Cc2ccc(N=[N+]=[N-])cc2)[C@@H]1O. The average molecular weight is 483 g/mol. The van der Waals surface area contributed by atoms with Gasteiger partial charge in [0.1, 0.15) is 18.5 Å². The van der Waals surface area contributed by atoms with Gasteiger partial charge in [-0.05, 0) is 17.5 Å². The summed E-state index contributed by atoms with van der Waals surface area (Å²) < 4.78 is 7.43. The predicted molar refractivity (Wildman–Crippen MR) is 126 cm³/mol. The highest BCUT2D eigenvalue weighted by Crippen LogP contribution is 2.32. The Morgan fingerprint density at radius 2 is 2.09 bits per heavy atom. The Kier molecular flexibility index (Phi) is 7.10. The van der Waals surface area contributed by atoms with E-state index >= 15 is 0 Å². The zero-order valence-corrected chi connectivity index (χ0v) is 19.1.